The summed E-state index contributed by atoms with van der Waals surface area (Å²) >= 11 is 0. The van der Waals surface area contributed by atoms with Crippen molar-refractivity contribution in [2.75, 3.05) is 7.11 Å². The molecule has 0 unspecified atom stereocenters. The van der Waals surface area contributed by atoms with Gasteiger partial charge in [0.15, 0.2) is 29.7 Å². The van der Waals surface area contributed by atoms with Crippen LogP contribution in [0.15, 0.2) is 36.4 Å². The van der Waals surface area contributed by atoms with Crippen LogP contribution in [0.2, 0.25) is 0 Å². The second-order valence-electron chi connectivity index (χ2n) is 10.2. The van der Waals surface area contributed by atoms with Gasteiger partial charge < -0.3 is 59.4 Å². The van der Waals surface area contributed by atoms with Gasteiger partial charge in [-0.2, -0.15) is 0 Å². The standard InChI is InChI=1S/C28H36O13/c1-12-21(32)23(34)25(36)27(38-12)41-26-24(35)22(33)13(2)39-28(26)40-15-6-7-16(18(30)11-15)17(29)8-4-14-5-9-20(37-3)19(31)10-14/h5-7,9-13,21-28,30-36H,4,8H2,1-3H3/t12-,13-,21-,22-,23+,24+,25+,26-,27-,28+/m0/s1. The summed E-state index contributed by atoms with van der Waals surface area (Å²) in [4.78, 5) is 12.8. The van der Waals surface area contributed by atoms with Crippen LogP contribution in [0.5, 0.6) is 23.0 Å². The lowest BCUT2D eigenvalue weighted by Gasteiger charge is -2.45. The third-order valence-electron chi connectivity index (χ3n) is 7.29. The fraction of sp³-hybridized carbons (Fsp3) is 0.536. The van der Waals surface area contributed by atoms with Crippen molar-refractivity contribution in [2.24, 2.45) is 0 Å². The van der Waals surface area contributed by atoms with E-state index in [1.165, 1.54) is 45.2 Å². The quantitative estimate of drug-likeness (QED) is 0.195. The van der Waals surface area contributed by atoms with Crippen LogP contribution in [0.25, 0.3) is 0 Å². The molecule has 13 heteroatoms. The number of hydrogen-bond acceptors (Lipinski definition) is 13. The Morgan fingerprint density at radius 2 is 1.46 bits per heavy atom. The largest absolute Gasteiger partial charge is 0.507 e. The molecule has 2 aromatic carbocycles. The van der Waals surface area contributed by atoms with Crippen LogP contribution < -0.4 is 9.47 Å². The summed E-state index contributed by atoms with van der Waals surface area (Å²) in [6.45, 7) is 2.96. The second-order valence-corrected chi connectivity index (χ2v) is 10.2. The van der Waals surface area contributed by atoms with Gasteiger partial charge in [-0.25, -0.2) is 0 Å². The molecule has 2 heterocycles. The Morgan fingerprint density at radius 1 is 0.805 bits per heavy atom. The minimum absolute atomic E-state index is 0.0385. The van der Waals surface area contributed by atoms with Crippen LogP contribution in [0.1, 0.15) is 36.2 Å². The molecule has 13 nitrogen and oxygen atoms in total. The van der Waals surface area contributed by atoms with Crippen LogP contribution in [0.4, 0.5) is 0 Å². The van der Waals surface area contributed by atoms with E-state index in [1.807, 2.05) is 0 Å². The van der Waals surface area contributed by atoms with Crippen LogP contribution in [0, 0.1) is 0 Å². The number of aryl methyl sites for hydroxylation is 1. The Bertz CT molecular complexity index is 1210. The molecule has 0 saturated carbocycles. The first-order valence-electron chi connectivity index (χ1n) is 13.2. The number of methoxy groups -OCH3 is 1. The Hall–Kier alpha value is -3.01. The molecule has 0 spiro atoms. The molecule has 2 fully saturated rings. The van der Waals surface area contributed by atoms with Crippen molar-refractivity contribution in [1.29, 1.82) is 0 Å². The number of hydrogen-bond donors (Lipinski definition) is 7. The summed E-state index contributed by atoms with van der Waals surface area (Å²) in [5.41, 5.74) is 0.742. The van der Waals surface area contributed by atoms with Crippen molar-refractivity contribution in [2.45, 2.75) is 88.1 Å². The monoisotopic (exact) mass is 580 g/mol. The van der Waals surface area contributed by atoms with Gasteiger partial charge in [0.1, 0.15) is 42.0 Å². The number of benzene rings is 2. The highest BCUT2D eigenvalue weighted by molar-refractivity contribution is 5.98. The summed E-state index contributed by atoms with van der Waals surface area (Å²) in [5, 5.41) is 72.0. The number of carbonyl (C=O) groups is 1. The number of ether oxygens (including phenoxy) is 5. The molecule has 41 heavy (non-hydrogen) atoms. The maximum Gasteiger partial charge on any atom is 0.229 e. The Morgan fingerprint density at radius 3 is 2.10 bits per heavy atom. The highest BCUT2D eigenvalue weighted by atomic mass is 16.8. The molecule has 2 aliphatic heterocycles. The van der Waals surface area contributed by atoms with Crippen molar-refractivity contribution >= 4 is 5.78 Å². The van der Waals surface area contributed by atoms with E-state index in [1.54, 1.807) is 12.1 Å². The van der Waals surface area contributed by atoms with E-state index in [0.29, 0.717) is 17.7 Å². The highest BCUT2D eigenvalue weighted by Crippen LogP contribution is 2.33. The molecule has 226 valence electrons. The molecule has 4 rings (SSSR count). The van der Waals surface area contributed by atoms with Gasteiger partial charge in [-0.3, -0.25) is 4.79 Å². The van der Waals surface area contributed by atoms with Gasteiger partial charge in [-0.1, -0.05) is 6.07 Å². The maximum absolute atomic E-state index is 12.8. The number of carbonyl (C=O) groups excluding carboxylic acids is 1. The molecule has 10 atom stereocenters. The predicted molar refractivity (Wildman–Crippen MR) is 140 cm³/mol. The summed E-state index contributed by atoms with van der Waals surface area (Å²) in [7, 11) is 1.43. The summed E-state index contributed by atoms with van der Waals surface area (Å²) in [6, 6.07) is 8.76. The van der Waals surface area contributed by atoms with E-state index in [2.05, 4.69) is 0 Å². The number of aliphatic hydroxyl groups is 5. The van der Waals surface area contributed by atoms with Crippen LogP contribution in [0.3, 0.4) is 0 Å². The van der Waals surface area contributed by atoms with E-state index in [-0.39, 0.29) is 35.0 Å². The third-order valence-corrected chi connectivity index (χ3v) is 7.29. The molecule has 0 amide bonds. The van der Waals surface area contributed by atoms with Gasteiger partial charge in [0.25, 0.3) is 0 Å². The molecule has 2 saturated heterocycles. The number of aromatic hydroxyl groups is 2. The third kappa shape index (κ3) is 6.74. The fourth-order valence-corrected chi connectivity index (χ4v) is 4.76. The van der Waals surface area contributed by atoms with Crippen LogP contribution in [-0.2, 0) is 20.6 Å². The van der Waals surface area contributed by atoms with E-state index in [4.69, 9.17) is 23.7 Å². The Labute approximate surface area is 236 Å². The Balaban J connectivity index is 1.45. The predicted octanol–water partition coefficient (Wildman–Crippen LogP) is -0.0200. The lowest BCUT2D eigenvalue weighted by Crippen LogP contribution is -2.63. The maximum atomic E-state index is 12.8. The summed E-state index contributed by atoms with van der Waals surface area (Å²) < 4.78 is 27.6. The fourth-order valence-electron chi connectivity index (χ4n) is 4.76. The molecule has 0 aromatic heterocycles. The molecule has 0 radical (unpaired) electrons. The molecule has 2 aliphatic rings. The smallest absolute Gasteiger partial charge is 0.229 e. The van der Waals surface area contributed by atoms with E-state index >= 15 is 0 Å². The van der Waals surface area contributed by atoms with Gasteiger partial charge in [0.2, 0.25) is 6.29 Å². The number of Topliss-reactive ketones (excluding diaryl/α,β-unsaturated/α-hetero) is 1. The van der Waals surface area contributed by atoms with Crippen molar-refractivity contribution in [3.05, 3.63) is 47.5 Å². The number of phenolic OH excluding ortho intramolecular Hbond substituents is 2. The van der Waals surface area contributed by atoms with E-state index in [9.17, 15) is 40.5 Å². The zero-order valence-corrected chi connectivity index (χ0v) is 22.7. The Kier molecular flexibility index (Phi) is 9.72. The molecule has 0 aliphatic carbocycles. The van der Waals surface area contributed by atoms with Crippen molar-refractivity contribution in [1.82, 2.24) is 0 Å². The molecular weight excluding hydrogens is 544 g/mol. The van der Waals surface area contributed by atoms with Gasteiger partial charge in [-0.05, 0) is 50.1 Å². The zero-order chi connectivity index (χ0) is 30.0. The van der Waals surface area contributed by atoms with Crippen molar-refractivity contribution in [3.63, 3.8) is 0 Å². The lowest BCUT2D eigenvalue weighted by molar-refractivity contribution is -0.352. The summed E-state index contributed by atoms with van der Waals surface area (Å²) in [6.07, 6.45) is -13.4. The average Bonchev–Trinajstić information content (AvgIpc) is 2.94. The number of rotatable bonds is 9. The SMILES string of the molecule is COc1ccc(CCC(=O)c2ccc(O[C@H]3O[C@@H](C)[C@H](O)[C@@H](O)[C@@H]3O[C@@H]3O[C@@H](C)[C@H](O)[C@@H](O)[C@H]3O)cc2O)cc1O. The van der Waals surface area contributed by atoms with E-state index < -0.39 is 61.4 Å². The normalized spacial score (nSPS) is 33.8. The first-order valence-corrected chi connectivity index (χ1v) is 13.2. The minimum Gasteiger partial charge on any atom is -0.507 e. The highest BCUT2D eigenvalue weighted by Gasteiger charge is 2.50. The van der Waals surface area contributed by atoms with Gasteiger partial charge in [-0.15, -0.1) is 0 Å². The van der Waals surface area contributed by atoms with E-state index in [0.717, 1.165) is 0 Å². The van der Waals surface area contributed by atoms with Gasteiger partial charge >= 0.3 is 0 Å². The number of ketones is 1. The van der Waals surface area contributed by atoms with Gasteiger partial charge in [0.05, 0.1) is 24.9 Å². The first kappa shape index (κ1) is 30.9. The van der Waals surface area contributed by atoms with Gasteiger partial charge in [0, 0.05) is 12.5 Å². The average molecular weight is 581 g/mol. The summed E-state index contributed by atoms with van der Waals surface area (Å²) in [5.74, 6) is -0.419. The molecule has 7 N–H and O–H groups in total. The first-order chi connectivity index (χ1) is 19.4. The number of aliphatic hydroxyl groups excluding tert-OH is 5. The lowest BCUT2D eigenvalue weighted by atomic mass is 9.98. The number of phenols is 2. The van der Waals surface area contributed by atoms with Crippen LogP contribution in [-0.4, -0.2) is 110 Å². The second kappa shape index (κ2) is 12.9. The molecule has 2 aromatic rings. The zero-order valence-electron chi connectivity index (χ0n) is 22.7. The van der Waals surface area contributed by atoms with Crippen molar-refractivity contribution in [3.8, 4) is 23.0 Å². The molecular formula is C28H36O13. The van der Waals surface area contributed by atoms with Crippen LogP contribution >= 0.6 is 0 Å². The molecule has 0 bridgehead atoms. The van der Waals surface area contributed by atoms with Crippen molar-refractivity contribution < 1.29 is 64.2 Å². The minimum atomic E-state index is -1.68. The topological polar surface area (TPSA) is 205 Å².